The van der Waals surface area contributed by atoms with Crippen LogP contribution in [0.2, 0.25) is 0 Å². The normalized spacial score (nSPS) is 21.0. The summed E-state index contributed by atoms with van der Waals surface area (Å²) in [5.41, 5.74) is 2.19. The second-order valence-corrected chi connectivity index (χ2v) is 11.4. The van der Waals surface area contributed by atoms with Gasteiger partial charge in [0.2, 0.25) is 15.9 Å². The van der Waals surface area contributed by atoms with E-state index in [9.17, 15) is 13.2 Å². The standard InChI is InChI=1S/C23H32N4O3S2/c1-2-16-32(29,30)27-11-7-6-10-21(27)23(28)26-14-12-25(13-15-26)17-20-18-31-22(24-20)19-8-4-3-5-9-19/h3-5,8-9,18,21H,2,6-7,10-17H2,1H3. The number of piperazine rings is 1. The lowest BCUT2D eigenvalue weighted by Crippen LogP contribution is -2.57. The maximum absolute atomic E-state index is 13.2. The topological polar surface area (TPSA) is 73.8 Å². The summed E-state index contributed by atoms with van der Waals surface area (Å²) >= 11 is 1.66. The van der Waals surface area contributed by atoms with Crippen LogP contribution in [0.15, 0.2) is 35.7 Å². The van der Waals surface area contributed by atoms with E-state index in [1.54, 1.807) is 11.3 Å². The number of hydrogen-bond donors (Lipinski definition) is 0. The van der Waals surface area contributed by atoms with Crippen LogP contribution in [0.1, 0.15) is 38.3 Å². The highest BCUT2D eigenvalue weighted by atomic mass is 32.2. The number of benzene rings is 1. The van der Waals surface area contributed by atoms with Crippen molar-refractivity contribution >= 4 is 27.3 Å². The van der Waals surface area contributed by atoms with Gasteiger partial charge in [-0.25, -0.2) is 13.4 Å². The highest BCUT2D eigenvalue weighted by molar-refractivity contribution is 7.89. The molecule has 1 aromatic carbocycles. The van der Waals surface area contributed by atoms with Crippen molar-refractivity contribution in [3.63, 3.8) is 0 Å². The van der Waals surface area contributed by atoms with Crippen molar-refractivity contribution in [1.29, 1.82) is 0 Å². The average molecular weight is 477 g/mol. The van der Waals surface area contributed by atoms with Gasteiger partial charge in [-0.1, -0.05) is 43.7 Å². The molecule has 7 nitrogen and oxygen atoms in total. The number of hydrogen-bond acceptors (Lipinski definition) is 6. The van der Waals surface area contributed by atoms with Crippen LogP contribution in [0.5, 0.6) is 0 Å². The van der Waals surface area contributed by atoms with Gasteiger partial charge in [0.25, 0.3) is 0 Å². The molecule has 2 aromatic rings. The summed E-state index contributed by atoms with van der Waals surface area (Å²) < 4.78 is 26.8. The van der Waals surface area contributed by atoms with Gasteiger partial charge < -0.3 is 4.90 Å². The quantitative estimate of drug-likeness (QED) is 0.614. The van der Waals surface area contributed by atoms with E-state index in [0.717, 1.165) is 48.7 Å². The second-order valence-electron chi connectivity index (χ2n) is 8.55. The molecule has 0 bridgehead atoms. The first kappa shape index (κ1) is 23.4. The molecule has 1 aromatic heterocycles. The number of amides is 1. The van der Waals surface area contributed by atoms with Crippen LogP contribution >= 0.6 is 11.3 Å². The lowest BCUT2D eigenvalue weighted by Gasteiger charge is -2.40. The van der Waals surface area contributed by atoms with Gasteiger partial charge in [-0.15, -0.1) is 11.3 Å². The van der Waals surface area contributed by atoms with E-state index in [4.69, 9.17) is 4.98 Å². The monoisotopic (exact) mass is 476 g/mol. The Bertz CT molecular complexity index is 1000. The van der Waals surface area contributed by atoms with Crippen molar-refractivity contribution in [3.05, 3.63) is 41.4 Å². The Hall–Kier alpha value is -1.81. The fourth-order valence-electron chi connectivity index (χ4n) is 4.52. The van der Waals surface area contributed by atoms with Gasteiger partial charge in [-0.2, -0.15) is 4.31 Å². The van der Waals surface area contributed by atoms with Crippen LogP contribution < -0.4 is 0 Å². The average Bonchev–Trinajstić information content (AvgIpc) is 3.28. The molecule has 3 heterocycles. The van der Waals surface area contributed by atoms with Crippen LogP contribution in [0.4, 0.5) is 0 Å². The molecule has 1 amide bonds. The number of piperidine rings is 1. The molecule has 0 saturated carbocycles. The van der Waals surface area contributed by atoms with E-state index in [1.165, 1.54) is 4.31 Å². The molecule has 32 heavy (non-hydrogen) atoms. The molecule has 2 saturated heterocycles. The summed E-state index contributed by atoms with van der Waals surface area (Å²) in [6, 6.07) is 9.66. The Morgan fingerprint density at radius 2 is 1.84 bits per heavy atom. The number of nitrogens with zero attached hydrogens (tertiary/aromatic N) is 4. The molecule has 4 rings (SSSR count). The highest BCUT2D eigenvalue weighted by Gasteiger charge is 2.38. The first-order chi connectivity index (χ1) is 15.5. The molecular formula is C23H32N4O3S2. The largest absolute Gasteiger partial charge is 0.339 e. The van der Waals surface area contributed by atoms with E-state index < -0.39 is 16.1 Å². The Labute approximate surface area is 195 Å². The Morgan fingerprint density at radius 3 is 2.56 bits per heavy atom. The van der Waals surface area contributed by atoms with Gasteiger partial charge in [0.05, 0.1) is 11.4 Å². The van der Waals surface area contributed by atoms with Crippen LogP contribution in [0.3, 0.4) is 0 Å². The number of thiazole rings is 1. The predicted molar refractivity (Wildman–Crippen MR) is 128 cm³/mol. The summed E-state index contributed by atoms with van der Waals surface area (Å²) in [7, 11) is -3.37. The predicted octanol–water partition coefficient (Wildman–Crippen LogP) is 3.05. The van der Waals surface area contributed by atoms with Crippen molar-refractivity contribution in [3.8, 4) is 10.6 Å². The van der Waals surface area contributed by atoms with Crippen molar-refractivity contribution in [2.75, 3.05) is 38.5 Å². The van der Waals surface area contributed by atoms with Crippen molar-refractivity contribution < 1.29 is 13.2 Å². The van der Waals surface area contributed by atoms with Crippen molar-refractivity contribution in [2.45, 2.75) is 45.2 Å². The lowest BCUT2D eigenvalue weighted by molar-refractivity contribution is -0.138. The van der Waals surface area contributed by atoms with Gasteiger partial charge in [-0.3, -0.25) is 9.69 Å². The zero-order chi connectivity index (χ0) is 22.6. The fraction of sp³-hybridized carbons (Fsp3) is 0.565. The Morgan fingerprint density at radius 1 is 1.09 bits per heavy atom. The molecular weight excluding hydrogens is 444 g/mol. The maximum atomic E-state index is 13.2. The number of rotatable bonds is 7. The lowest BCUT2D eigenvalue weighted by atomic mass is 10.0. The number of carbonyl (C=O) groups excluding carboxylic acids is 1. The van der Waals surface area contributed by atoms with Crippen molar-refractivity contribution in [2.24, 2.45) is 0 Å². The van der Waals surface area contributed by atoms with Gasteiger partial charge in [0.15, 0.2) is 0 Å². The summed E-state index contributed by atoms with van der Waals surface area (Å²) in [5.74, 6) is 0.0902. The third kappa shape index (κ3) is 5.39. The fourth-order valence-corrected chi connectivity index (χ4v) is 7.08. The Kier molecular flexibility index (Phi) is 7.60. The molecule has 174 valence electrons. The molecule has 1 atom stereocenters. The third-order valence-corrected chi connectivity index (χ3v) is 9.22. The molecule has 0 N–H and O–H groups in total. The summed E-state index contributed by atoms with van der Waals surface area (Å²) in [6.45, 7) is 5.91. The molecule has 0 spiro atoms. The molecule has 9 heteroatoms. The van der Waals surface area contributed by atoms with Crippen molar-refractivity contribution in [1.82, 2.24) is 19.1 Å². The molecule has 1 unspecified atom stereocenters. The summed E-state index contributed by atoms with van der Waals surface area (Å²) in [6.07, 6.45) is 2.94. The third-order valence-electron chi connectivity index (χ3n) is 6.20. The molecule has 2 aliphatic rings. The zero-order valence-corrected chi connectivity index (χ0v) is 20.3. The van der Waals surface area contributed by atoms with Gasteiger partial charge in [0.1, 0.15) is 11.0 Å². The van der Waals surface area contributed by atoms with E-state index >= 15 is 0 Å². The van der Waals surface area contributed by atoms with Gasteiger partial charge in [-0.05, 0) is 19.3 Å². The van der Waals surface area contributed by atoms with E-state index in [1.807, 2.05) is 30.0 Å². The number of aromatic nitrogens is 1. The zero-order valence-electron chi connectivity index (χ0n) is 18.6. The SMILES string of the molecule is CCCS(=O)(=O)N1CCCCC1C(=O)N1CCN(Cc2csc(-c3ccccc3)n2)CC1. The van der Waals surface area contributed by atoms with Gasteiger partial charge in [0, 0.05) is 50.2 Å². The highest BCUT2D eigenvalue weighted by Crippen LogP contribution is 2.25. The first-order valence-corrected chi connectivity index (χ1v) is 14.0. The molecule has 2 fully saturated rings. The van der Waals surface area contributed by atoms with Crippen LogP contribution in [0.25, 0.3) is 10.6 Å². The minimum atomic E-state index is -3.37. The van der Waals surface area contributed by atoms with Crippen LogP contribution in [-0.4, -0.2) is 77.9 Å². The van der Waals surface area contributed by atoms with E-state index in [-0.39, 0.29) is 11.7 Å². The summed E-state index contributed by atoms with van der Waals surface area (Å²) in [4.78, 5) is 22.2. The summed E-state index contributed by atoms with van der Waals surface area (Å²) in [5, 5.41) is 3.14. The first-order valence-electron chi connectivity index (χ1n) is 11.5. The number of carbonyl (C=O) groups is 1. The molecule has 0 radical (unpaired) electrons. The van der Waals surface area contributed by atoms with E-state index in [2.05, 4.69) is 22.4 Å². The second kappa shape index (κ2) is 10.4. The van der Waals surface area contributed by atoms with Crippen LogP contribution in [-0.2, 0) is 21.4 Å². The van der Waals surface area contributed by atoms with Gasteiger partial charge >= 0.3 is 0 Å². The molecule has 0 aliphatic carbocycles. The minimum Gasteiger partial charge on any atom is -0.339 e. The smallest absolute Gasteiger partial charge is 0.241 e. The van der Waals surface area contributed by atoms with E-state index in [0.29, 0.717) is 32.5 Å². The maximum Gasteiger partial charge on any atom is 0.241 e. The molecule has 2 aliphatic heterocycles. The number of sulfonamides is 1. The van der Waals surface area contributed by atoms with Crippen LogP contribution in [0, 0.1) is 0 Å². The minimum absolute atomic E-state index is 0.0240. The Balaban J connectivity index is 1.33.